The highest BCUT2D eigenvalue weighted by atomic mass is 19.4. The van der Waals surface area contributed by atoms with E-state index in [-0.39, 0.29) is 30.2 Å². The summed E-state index contributed by atoms with van der Waals surface area (Å²) < 4.78 is 61.0. The van der Waals surface area contributed by atoms with Crippen molar-refractivity contribution in [2.45, 2.75) is 6.18 Å². The minimum atomic E-state index is -4.61. The second-order valence-electron chi connectivity index (χ2n) is 5.32. The van der Waals surface area contributed by atoms with Gasteiger partial charge >= 0.3 is 6.18 Å². The van der Waals surface area contributed by atoms with Gasteiger partial charge < -0.3 is 24.7 Å². The number of hydrogen-bond donors (Lipinski definition) is 1. The summed E-state index contributed by atoms with van der Waals surface area (Å²) in [6.45, 7) is 0.128. The first-order chi connectivity index (χ1) is 12.3. The Morgan fingerprint density at radius 2 is 1.65 bits per heavy atom. The Balaban J connectivity index is 2.61. The van der Waals surface area contributed by atoms with Crippen LogP contribution in [0, 0.1) is 0 Å². The lowest BCUT2D eigenvalue weighted by atomic mass is 9.98. The standard InChI is InChI=1S/C18H20F3NO4/c1-23-7-8-26-16-10-14(22)12(9-13(16)18(19,20)21)11-5-4-6-15(24-2)17(11)25-3/h4-6,9-10H,7-8,22H2,1-3H3. The monoisotopic (exact) mass is 371 g/mol. The van der Waals surface area contributed by atoms with Crippen LogP contribution in [-0.2, 0) is 10.9 Å². The number of para-hydroxylation sites is 1. The van der Waals surface area contributed by atoms with E-state index in [9.17, 15) is 13.2 Å². The largest absolute Gasteiger partial charge is 0.493 e. The van der Waals surface area contributed by atoms with Crippen molar-refractivity contribution in [1.29, 1.82) is 0 Å². The third kappa shape index (κ3) is 4.13. The van der Waals surface area contributed by atoms with Gasteiger partial charge in [0.05, 0.1) is 26.4 Å². The molecule has 8 heteroatoms. The van der Waals surface area contributed by atoms with E-state index in [0.29, 0.717) is 17.1 Å². The molecule has 2 rings (SSSR count). The van der Waals surface area contributed by atoms with E-state index in [1.165, 1.54) is 21.3 Å². The van der Waals surface area contributed by atoms with E-state index in [1.54, 1.807) is 18.2 Å². The highest BCUT2D eigenvalue weighted by Crippen LogP contribution is 2.45. The fourth-order valence-corrected chi connectivity index (χ4v) is 2.50. The summed E-state index contributed by atoms with van der Waals surface area (Å²) in [5.74, 6) is 0.332. The van der Waals surface area contributed by atoms with Crippen LogP contribution in [0.15, 0.2) is 30.3 Å². The second kappa shape index (κ2) is 8.18. The number of rotatable bonds is 7. The SMILES string of the molecule is COCCOc1cc(N)c(-c2cccc(OC)c2OC)cc1C(F)(F)F. The Kier molecular flexibility index (Phi) is 6.20. The molecular formula is C18H20F3NO4. The minimum Gasteiger partial charge on any atom is -0.493 e. The number of hydrogen-bond acceptors (Lipinski definition) is 5. The van der Waals surface area contributed by atoms with Crippen LogP contribution in [0.4, 0.5) is 18.9 Å². The van der Waals surface area contributed by atoms with E-state index in [1.807, 2.05) is 0 Å². The summed E-state index contributed by atoms with van der Waals surface area (Å²) >= 11 is 0. The average Bonchev–Trinajstić information content (AvgIpc) is 2.60. The first kappa shape index (κ1) is 19.7. The Bertz CT molecular complexity index is 763. The summed E-state index contributed by atoms with van der Waals surface area (Å²) in [6.07, 6.45) is -4.61. The van der Waals surface area contributed by atoms with Crippen LogP contribution in [-0.4, -0.2) is 34.5 Å². The van der Waals surface area contributed by atoms with Gasteiger partial charge in [-0.15, -0.1) is 0 Å². The van der Waals surface area contributed by atoms with Crippen LogP contribution in [0.5, 0.6) is 17.2 Å². The molecule has 0 heterocycles. The predicted molar refractivity (Wildman–Crippen MR) is 91.8 cm³/mol. The molecule has 0 aliphatic rings. The number of halogens is 3. The molecule has 2 aromatic rings. The molecule has 0 aliphatic carbocycles. The lowest BCUT2D eigenvalue weighted by Crippen LogP contribution is -2.12. The van der Waals surface area contributed by atoms with Gasteiger partial charge in [-0.05, 0) is 12.1 Å². The highest BCUT2D eigenvalue weighted by Gasteiger charge is 2.35. The van der Waals surface area contributed by atoms with Crippen LogP contribution in [0.3, 0.4) is 0 Å². The summed E-state index contributed by atoms with van der Waals surface area (Å²) in [7, 11) is 4.28. The molecule has 0 aliphatic heterocycles. The van der Waals surface area contributed by atoms with Crippen LogP contribution >= 0.6 is 0 Å². The molecule has 0 aromatic heterocycles. The summed E-state index contributed by atoms with van der Waals surface area (Å²) in [5, 5.41) is 0. The van der Waals surface area contributed by atoms with Crippen LogP contribution in [0.25, 0.3) is 11.1 Å². The normalized spacial score (nSPS) is 11.3. The van der Waals surface area contributed by atoms with E-state index in [4.69, 9.17) is 24.7 Å². The lowest BCUT2D eigenvalue weighted by molar-refractivity contribution is -0.139. The third-order valence-electron chi connectivity index (χ3n) is 3.70. The predicted octanol–water partition coefficient (Wildman–Crippen LogP) is 4.00. The quantitative estimate of drug-likeness (QED) is 0.589. The Labute approximate surface area is 149 Å². The van der Waals surface area contributed by atoms with Crippen molar-refractivity contribution in [3.05, 3.63) is 35.9 Å². The van der Waals surface area contributed by atoms with Crippen molar-refractivity contribution in [1.82, 2.24) is 0 Å². The average molecular weight is 371 g/mol. The summed E-state index contributed by atoms with van der Waals surface area (Å²) in [5.41, 5.74) is 5.76. The smallest absolute Gasteiger partial charge is 0.419 e. The first-order valence-corrected chi connectivity index (χ1v) is 7.67. The Morgan fingerprint density at radius 1 is 0.923 bits per heavy atom. The zero-order valence-electron chi connectivity index (χ0n) is 14.6. The molecule has 0 spiro atoms. The molecule has 0 atom stereocenters. The van der Waals surface area contributed by atoms with Gasteiger partial charge in [-0.25, -0.2) is 0 Å². The second-order valence-corrected chi connectivity index (χ2v) is 5.32. The maximum absolute atomic E-state index is 13.5. The number of nitrogens with two attached hydrogens (primary N) is 1. The molecule has 2 aromatic carbocycles. The number of methoxy groups -OCH3 is 3. The minimum absolute atomic E-state index is 0.0269. The van der Waals surface area contributed by atoms with Crippen LogP contribution in [0.1, 0.15) is 5.56 Å². The maximum atomic E-state index is 13.5. The van der Waals surface area contributed by atoms with Crippen molar-refractivity contribution >= 4 is 5.69 Å². The molecule has 0 bridgehead atoms. The molecule has 26 heavy (non-hydrogen) atoms. The fourth-order valence-electron chi connectivity index (χ4n) is 2.50. The summed E-state index contributed by atoms with van der Waals surface area (Å²) in [6, 6.07) is 7.01. The zero-order valence-corrected chi connectivity index (χ0v) is 14.6. The summed E-state index contributed by atoms with van der Waals surface area (Å²) in [4.78, 5) is 0. The van der Waals surface area contributed by atoms with Crippen molar-refractivity contribution < 1.29 is 32.1 Å². The molecule has 142 valence electrons. The van der Waals surface area contributed by atoms with Gasteiger partial charge in [0, 0.05) is 30.0 Å². The van der Waals surface area contributed by atoms with Crippen molar-refractivity contribution in [3.63, 3.8) is 0 Å². The van der Waals surface area contributed by atoms with Gasteiger partial charge in [0.1, 0.15) is 12.4 Å². The van der Waals surface area contributed by atoms with Crippen molar-refractivity contribution in [3.8, 4) is 28.4 Å². The van der Waals surface area contributed by atoms with Crippen LogP contribution < -0.4 is 19.9 Å². The molecule has 0 fully saturated rings. The number of nitrogen functional groups attached to an aromatic ring is 1. The molecule has 0 saturated heterocycles. The Hall–Kier alpha value is -2.61. The van der Waals surface area contributed by atoms with Crippen LogP contribution in [0.2, 0.25) is 0 Å². The van der Waals surface area contributed by atoms with Gasteiger partial charge in [-0.1, -0.05) is 12.1 Å². The van der Waals surface area contributed by atoms with Gasteiger partial charge in [0.15, 0.2) is 11.5 Å². The lowest BCUT2D eigenvalue weighted by Gasteiger charge is -2.19. The fraction of sp³-hybridized carbons (Fsp3) is 0.333. The van der Waals surface area contributed by atoms with Crippen molar-refractivity contribution in [2.24, 2.45) is 0 Å². The highest BCUT2D eigenvalue weighted by molar-refractivity contribution is 5.84. The number of ether oxygens (including phenoxy) is 4. The Morgan fingerprint density at radius 3 is 2.23 bits per heavy atom. The van der Waals surface area contributed by atoms with Gasteiger partial charge in [-0.3, -0.25) is 0 Å². The molecule has 0 amide bonds. The number of anilines is 1. The topological polar surface area (TPSA) is 62.9 Å². The van der Waals surface area contributed by atoms with Gasteiger partial charge in [0.2, 0.25) is 0 Å². The van der Waals surface area contributed by atoms with Gasteiger partial charge in [-0.2, -0.15) is 13.2 Å². The van der Waals surface area contributed by atoms with Gasteiger partial charge in [0.25, 0.3) is 0 Å². The molecule has 0 unspecified atom stereocenters. The van der Waals surface area contributed by atoms with Crippen molar-refractivity contribution in [2.75, 3.05) is 40.3 Å². The molecule has 0 radical (unpaired) electrons. The van der Waals surface area contributed by atoms with E-state index in [2.05, 4.69) is 0 Å². The molecule has 2 N–H and O–H groups in total. The number of benzene rings is 2. The van der Waals surface area contributed by atoms with E-state index >= 15 is 0 Å². The zero-order chi connectivity index (χ0) is 19.3. The molecular weight excluding hydrogens is 351 g/mol. The third-order valence-corrected chi connectivity index (χ3v) is 3.70. The van der Waals surface area contributed by atoms with E-state index < -0.39 is 11.7 Å². The molecule has 0 saturated carbocycles. The molecule has 5 nitrogen and oxygen atoms in total. The first-order valence-electron chi connectivity index (χ1n) is 7.67. The maximum Gasteiger partial charge on any atom is 0.419 e. The number of alkyl halides is 3. The van der Waals surface area contributed by atoms with E-state index in [0.717, 1.165) is 12.1 Å².